The average Bonchev–Trinajstić information content (AvgIpc) is 3.19. The van der Waals surface area contributed by atoms with Crippen LogP contribution in [0.3, 0.4) is 0 Å². The molecule has 0 spiro atoms. The summed E-state index contributed by atoms with van der Waals surface area (Å²) < 4.78 is 19.8. The zero-order chi connectivity index (χ0) is 27.8. The maximum absolute atomic E-state index is 14.0. The number of aromatic amines is 1. The lowest BCUT2D eigenvalue weighted by Gasteiger charge is -2.28. The van der Waals surface area contributed by atoms with Gasteiger partial charge in [0.05, 0.1) is 16.5 Å². The number of H-pyrrole nitrogens is 1. The highest BCUT2D eigenvalue weighted by Crippen LogP contribution is 2.36. The molecule has 1 aromatic carbocycles. The zero-order valence-electron chi connectivity index (χ0n) is 22.4. The summed E-state index contributed by atoms with van der Waals surface area (Å²) in [6.07, 6.45) is 8.43. The minimum absolute atomic E-state index is 0.0460. The number of pyridine rings is 1. The second kappa shape index (κ2) is 13.2. The van der Waals surface area contributed by atoms with Crippen LogP contribution in [0.25, 0.3) is 22.8 Å². The normalized spacial score (nSPS) is 15.8. The molecule has 0 unspecified atom stereocenters. The van der Waals surface area contributed by atoms with Gasteiger partial charge in [-0.05, 0) is 49.9 Å². The summed E-state index contributed by atoms with van der Waals surface area (Å²) in [5.41, 5.74) is 0.245. The molecule has 208 valence electrons. The summed E-state index contributed by atoms with van der Waals surface area (Å²) in [6, 6.07) is 8.69. The Morgan fingerprint density at radius 3 is 2.62 bits per heavy atom. The molecule has 10 heteroatoms. The first kappa shape index (κ1) is 28.7. The molecule has 39 heavy (non-hydrogen) atoms. The van der Waals surface area contributed by atoms with Gasteiger partial charge in [0, 0.05) is 29.9 Å². The maximum Gasteiger partial charge on any atom is 0.348 e. The lowest BCUT2D eigenvalue weighted by atomic mass is 9.80. The Hall–Kier alpha value is -3.33. The van der Waals surface area contributed by atoms with Crippen LogP contribution < -0.4 is 15.7 Å². The molecule has 0 saturated heterocycles. The van der Waals surface area contributed by atoms with Gasteiger partial charge < -0.3 is 10.1 Å². The molecule has 1 aliphatic rings. The molecule has 1 aliphatic carbocycles. The Labute approximate surface area is 232 Å². The van der Waals surface area contributed by atoms with Gasteiger partial charge in [0.2, 0.25) is 11.8 Å². The Bertz CT molecular complexity index is 1320. The summed E-state index contributed by atoms with van der Waals surface area (Å²) in [5, 5.41) is 3.29. The van der Waals surface area contributed by atoms with Crippen molar-refractivity contribution in [2.24, 2.45) is 5.41 Å². The molecule has 4 rings (SSSR count). The number of alkyl halides is 1. The second-order valence-corrected chi connectivity index (χ2v) is 10.7. The molecular formula is C29H35ClFN5O3. The van der Waals surface area contributed by atoms with E-state index in [-0.39, 0.29) is 30.2 Å². The second-order valence-electron chi connectivity index (χ2n) is 10.3. The number of amides is 1. The van der Waals surface area contributed by atoms with Crippen molar-refractivity contribution in [1.82, 2.24) is 25.3 Å². The molecule has 8 nitrogen and oxygen atoms in total. The number of nitrogens with one attached hydrogen (secondary N) is 2. The number of ether oxygens (including phenoxy) is 1. The van der Waals surface area contributed by atoms with Gasteiger partial charge in [0.15, 0.2) is 5.82 Å². The van der Waals surface area contributed by atoms with E-state index in [1.54, 1.807) is 36.5 Å². The van der Waals surface area contributed by atoms with Crippen molar-refractivity contribution >= 4 is 17.5 Å². The predicted octanol–water partition coefficient (Wildman–Crippen LogP) is 6.04. The van der Waals surface area contributed by atoms with E-state index in [9.17, 15) is 14.0 Å². The van der Waals surface area contributed by atoms with E-state index in [0.29, 0.717) is 34.9 Å². The van der Waals surface area contributed by atoms with Crippen molar-refractivity contribution in [3.63, 3.8) is 0 Å². The van der Waals surface area contributed by atoms with Crippen LogP contribution in [-0.4, -0.2) is 38.6 Å². The lowest BCUT2D eigenvalue weighted by molar-refractivity contribution is -0.133. The number of carbonyl (C=O) groups is 1. The van der Waals surface area contributed by atoms with Gasteiger partial charge in [0.25, 0.3) is 0 Å². The van der Waals surface area contributed by atoms with E-state index in [0.717, 1.165) is 44.1 Å². The Morgan fingerprint density at radius 2 is 1.95 bits per heavy atom. The number of nitrogens with zero attached hydrogens (tertiary/aromatic N) is 3. The molecule has 2 aromatic heterocycles. The van der Waals surface area contributed by atoms with E-state index in [1.165, 1.54) is 0 Å². The highest BCUT2D eigenvalue weighted by atomic mass is 35.5. The Balaban J connectivity index is 1.53. The molecule has 0 radical (unpaired) electrons. The number of aromatic nitrogens is 4. The standard InChI is InChI=1S/C29H35ClFN5O3/c1-3-8-19(2)39-24-12-10-21(17-32-24)25-34-26(36-28(38)35-25)22-15-20(9-11-23(22)30)16-33-27(37)29(18-31)13-6-4-5-7-14-29/h9-12,15,17,19H,3-8,13-14,16,18H2,1-2H3,(H,33,37)(H,34,35,36,38)/t19-/m1/s1. The van der Waals surface area contributed by atoms with E-state index >= 15 is 0 Å². The number of carbonyl (C=O) groups excluding carboxylic acids is 1. The van der Waals surface area contributed by atoms with Crippen molar-refractivity contribution in [2.75, 3.05) is 6.67 Å². The lowest BCUT2D eigenvalue weighted by Crippen LogP contribution is -2.42. The van der Waals surface area contributed by atoms with Gasteiger partial charge in [-0.1, -0.05) is 56.7 Å². The monoisotopic (exact) mass is 555 g/mol. The molecule has 2 heterocycles. The quantitative estimate of drug-likeness (QED) is 0.295. The first-order chi connectivity index (χ1) is 18.8. The summed E-state index contributed by atoms with van der Waals surface area (Å²) in [5.74, 6) is 0.664. The molecule has 0 bridgehead atoms. The topological polar surface area (TPSA) is 110 Å². The van der Waals surface area contributed by atoms with Crippen LogP contribution in [0, 0.1) is 5.41 Å². The number of hydrogen-bond acceptors (Lipinski definition) is 6. The van der Waals surface area contributed by atoms with Gasteiger partial charge in [-0.25, -0.2) is 19.2 Å². The Morgan fingerprint density at radius 1 is 1.18 bits per heavy atom. The third-order valence-electron chi connectivity index (χ3n) is 7.20. The van der Waals surface area contributed by atoms with Crippen LogP contribution in [0.15, 0.2) is 41.3 Å². The number of benzene rings is 1. The fourth-order valence-corrected chi connectivity index (χ4v) is 5.16. The third-order valence-corrected chi connectivity index (χ3v) is 7.53. The van der Waals surface area contributed by atoms with Crippen molar-refractivity contribution in [3.8, 4) is 28.7 Å². The van der Waals surface area contributed by atoms with E-state index in [4.69, 9.17) is 16.3 Å². The molecule has 0 aliphatic heterocycles. The van der Waals surface area contributed by atoms with Crippen molar-refractivity contribution < 1.29 is 13.9 Å². The molecular weight excluding hydrogens is 521 g/mol. The van der Waals surface area contributed by atoms with Gasteiger partial charge in [-0.2, -0.15) is 4.98 Å². The molecule has 1 fully saturated rings. The molecule has 1 saturated carbocycles. The summed E-state index contributed by atoms with van der Waals surface area (Å²) in [4.78, 5) is 40.9. The largest absolute Gasteiger partial charge is 0.475 e. The highest BCUT2D eigenvalue weighted by Gasteiger charge is 2.38. The molecule has 3 aromatic rings. The first-order valence-electron chi connectivity index (χ1n) is 13.6. The van der Waals surface area contributed by atoms with Crippen LogP contribution >= 0.6 is 11.6 Å². The summed E-state index contributed by atoms with van der Waals surface area (Å²) in [6.45, 7) is 3.63. The maximum atomic E-state index is 14.0. The minimum Gasteiger partial charge on any atom is -0.475 e. The number of hydrogen-bond donors (Lipinski definition) is 2. The molecule has 2 N–H and O–H groups in total. The molecule has 1 atom stereocenters. The van der Waals surface area contributed by atoms with E-state index < -0.39 is 17.8 Å². The van der Waals surface area contributed by atoms with Crippen LogP contribution in [0.5, 0.6) is 5.88 Å². The smallest absolute Gasteiger partial charge is 0.348 e. The third kappa shape index (κ3) is 7.20. The highest BCUT2D eigenvalue weighted by molar-refractivity contribution is 6.33. The van der Waals surface area contributed by atoms with Crippen LogP contribution in [-0.2, 0) is 11.3 Å². The van der Waals surface area contributed by atoms with Crippen molar-refractivity contribution in [1.29, 1.82) is 0 Å². The zero-order valence-corrected chi connectivity index (χ0v) is 23.2. The average molecular weight is 556 g/mol. The van der Waals surface area contributed by atoms with E-state index in [1.807, 2.05) is 6.92 Å². The van der Waals surface area contributed by atoms with Crippen molar-refractivity contribution in [2.45, 2.75) is 77.9 Å². The summed E-state index contributed by atoms with van der Waals surface area (Å²) >= 11 is 6.48. The molecule has 1 amide bonds. The van der Waals surface area contributed by atoms with Gasteiger partial charge in [-0.3, -0.25) is 9.78 Å². The van der Waals surface area contributed by atoms with Crippen LogP contribution in [0.1, 0.15) is 70.8 Å². The van der Waals surface area contributed by atoms with E-state index in [2.05, 4.69) is 32.2 Å². The fourth-order valence-electron chi connectivity index (χ4n) is 4.96. The van der Waals surface area contributed by atoms with Gasteiger partial charge in [-0.15, -0.1) is 0 Å². The number of rotatable bonds is 10. The van der Waals surface area contributed by atoms with Gasteiger partial charge in [0.1, 0.15) is 12.5 Å². The predicted molar refractivity (Wildman–Crippen MR) is 149 cm³/mol. The van der Waals surface area contributed by atoms with Crippen LogP contribution in [0.2, 0.25) is 5.02 Å². The minimum atomic E-state index is -0.957. The fraction of sp³-hybridized carbons (Fsp3) is 0.483. The van der Waals surface area contributed by atoms with Crippen molar-refractivity contribution in [3.05, 3.63) is 57.6 Å². The Kier molecular flexibility index (Phi) is 9.67. The SMILES string of the molecule is CCC[C@@H](C)Oc1ccc(-c2nc(-c3cc(CNC(=O)C4(CF)CCCCCC4)ccc3Cl)[nH]c(=O)n2)cn1. The van der Waals surface area contributed by atoms with Gasteiger partial charge >= 0.3 is 5.69 Å². The van der Waals surface area contributed by atoms with Crippen LogP contribution in [0.4, 0.5) is 4.39 Å². The first-order valence-corrected chi connectivity index (χ1v) is 14.0. The number of halogens is 2. The summed E-state index contributed by atoms with van der Waals surface area (Å²) in [7, 11) is 0.